The third-order valence-corrected chi connectivity index (χ3v) is 0.332. The zero-order valence-corrected chi connectivity index (χ0v) is 3.66. The second kappa shape index (κ2) is 3.15. The lowest BCUT2D eigenvalue weighted by atomic mass is 10.8. The zero-order chi connectivity index (χ0) is 5.70. The molecule has 0 radical (unpaired) electrons. The molecule has 0 rings (SSSR count). The summed E-state index contributed by atoms with van der Waals surface area (Å²) in [5.74, 6) is 0. The van der Waals surface area contributed by atoms with Crippen LogP contribution in [0.15, 0.2) is 18.5 Å². The van der Waals surface area contributed by atoms with Crippen molar-refractivity contribution < 1.29 is 10.0 Å². The quantitative estimate of drug-likeness (QED) is 0.231. The van der Waals surface area contributed by atoms with E-state index in [0.29, 0.717) is 5.06 Å². The van der Waals surface area contributed by atoms with Crippen molar-refractivity contribution in [3.05, 3.63) is 18.5 Å². The van der Waals surface area contributed by atoms with Gasteiger partial charge in [-0.05, 0) is 0 Å². The van der Waals surface area contributed by atoms with Crippen molar-refractivity contribution in [2.75, 3.05) is 0 Å². The van der Waals surface area contributed by atoms with E-state index in [1.54, 1.807) is 0 Å². The van der Waals surface area contributed by atoms with Crippen LogP contribution in [0.5, 0.6) is 0 Å². The normalized spacial score (nSPS) is 6.43. The third-order valence-electron chi connectivity index (χ3n) is 0.332. The van der Waals surface area contributed by atoms with Crippen molar-refractivity contribution in [1.29, 1.82) is 0 Å². The number of nitrogens with zero attached hydrogens (tertiary/aromatic N) is 1. The predicted molar refractivity (Wildman–Crippen MR) is 23.4 cm³/mol. The lowest BCUT2D eigenvalue weighted by Gasteiger charge is -1.93. The lowest BCUT2D eigenvalue weighted by Crippen LogP contribution is -2.05. The first kappa shape index (κ1) is 5.95. The maximum absolute atomic E-state index is 9.47. The monoisotopic (exact) mass is 99.0 g/mol. The minimum absolute atomic E-state index is 0.234. The van der Waals surface area contributed by atoms with Gasteiger partial charge in [-0.2, -0.15) is 5.06 Å². The molecule has 0 aromatic rings. The molecule has 0 atom stereocenters. The summed E-state index contributed by atoms with van der Waals surface area (Å²) in [5, 5.41) is 8.49. The summed E-state index contributed by atoms with van der Waals surface area (Å²) in [4.78, 5) is 9.47. The average Bonchev–Trinajstić information content (AvgIpc) is 1.68. The first-order valence-electron chi connectivity index (χ1n) is 1.59. The Kier molecular flexibility index (Phi) is 2.68. The molecule has 0 unspecified atom stereocenters. The van der Waals surface area contributed by atoms with Crippen LogP contribution in [-0.2, 0) is 4.79 Å². The van der Waals surface area contributed by atoms with Crippen LogP contribution in [0.4, 0.5) is 0 Å². The third kappa shape index (κ3) is 2.76. The van der Waals surface area contributed by atoms with Crippen molar-refractivity contribution in [3.63, 3.8) is 0 Å². The summed E-state index contributed by atoms with van der Waals surface area (Å²) in [7, 11) is 0. The topological polar surface area (TPSA) is 40.5 Å². The molecular weight excluding hydrogens is 94.0 g/mol. The Morgan fingerprint density at radius 1 is 1.86 bits per heavy atom. The van der Waals surface area contributed by atoms with Crippen molar-refractivity contribution in [3.8, 4) is 0 Å². The highest BCUT2D eigenvalue weighted by Gasteiger charge is 1.78. The largest absolute Gasteiger partial charge is 0.281 e. The summed E-state index contributed by atoms with van der Waals surface area (Å²) in [6, 6.07) is 0. The fourth-order valence-corrected chi connectivity index (χ4v) is 0.124. The summed E-state index contributed by atoms with van der Waals surface area (Å²) in [6.45, 7) is 3.11. The minimum Gasteiger partial charge on any atom is -0.281 e. The van der Waals surface area contributed by atoms with Crippen LogP contribution in [0.3, 0.4) is 0 Å². The minimum atomic E-state index is 0.234. The van der Waals surface area contributed by atoms with Gasteiger partial charge in [0.25, 0.3) is 0 Å². The molecule has 0 aromatic heterocycles. The van der Waals surface area contributed by atoms with E-state index in [1.807, 2.05) is 0 Å². The van der Waals surface area contributed by atoms with Crippen LogP contribution in [0.1, 0.15) is 0 Å². The number of amides is 1. The zero-order valence-electron chi connectivity index (χ0n) is 3.66. The van der Waals surface area contributed by atoms with Gasteiger partial charge in [-0.3, -0.25) is 10.0 Å². The Bertz CT molecular complexity index is 104. The lowest BCUT2D eigenvalue weighted by molar-refractivity contribution is -0.138. The Morgan fingerprint density at radius 2 is 2.43 bits per heavy atom. The van der Waals surface area contributed by atoms with E-state index in [-0.39, 0.29) is 6.41 Å². The molecule has 0 saturated carbocycles. The number of rotatable bonds is 2. The molecule has 0 bridgehead atoms. The number of carbonyl (C=O) groups is 1. The SMILES string of the molecule is C=C=CN(O)C=O. The van der Waals surface area contributed by atoms with E-state index in [9.17, 15) is 4.79 Å². The molecule has 0 spiro atoms. The van der Waals surface area contributed by atoms with Gasteiger partial charge >= 0.3 is 0 Å². The molecular formula is C4H5NO2. The van der Waals surface area contributed by atoms with Crippen LogP contribution in [0.2, 0.25) is 0 Å². The number of hydrogen-bond donors (Lipinski definition) is 1. The summed E-state index contributed by atoms with van der Waals surface area (Å²) < 4.78 is 0. The van der Waals surface area contributed by atoms with Gasteiger partial charge < -0.3 is 0 Å². The van der Waals surface area contributed by atoms with Crippen LogP contribution in [-0.4, -0.2) is 16.7 Å². The second-order valence-corrected chi connectivity index (χ2v) is 0.819. The van der Waals surface area contributed by atoms with Gasteiger partial charge in [0.2, 0.25) is 6.41 Å². The van der Waals surface area contributed by atoms with Gasteiger partial charge in [0.05, 0.1) is 6.20 Å². The van der Waals surface area contributed by atoms with Crippen molar-refractivity contribution in [2.45, 2.75) is 0 Å². The Labute approximate surface area is 41.1 Å². The van der Waals surface area contributed by atoms with Crippen LogP contribution >= 0.6 is 0 Å². The number of hydrogen-bond acceptors (Lipinski definition) is 2. The Morgan fingerprint density at radius 3 is 2.57 bits per heavy atom. The molecule has 0 aliphatic heterocycles. The average molecular weight is 99.1 g/mol. The van der Waals surface area contributed by atoms with Crippen LogP contribution in [0.25, 0.3) is 0 Å². The van der Waals surface area contributed by atoms with E-state index in [2.05, 4.69) is 12.3 Å². The molecule has 3 nitrogen and oxygen atoms in total. The predicted octanol–water partition coefficient (Wildman–Crippen LogP) is 0.133. The highest BCUT2D eigenvalue weighted by molar-refractivity contribution is 5.46. The van der Waals surface area contributed by atoms with E-state index in [1.165, 1.54) is 0 Å². The van der Waals surface area contributed by atoms with E-state index >= 15 is 0 Å². The molecule has 38 valence electrons. The molecule has 1 amide bonds. The maximum atomic E-state index is 9.47. The summed E-state index contributed by atoms with van der Waals surface area (Å²) in [6.07, 6.45) is 1.24. The Hall–Kier alpha value is -1.05. The highest BCUT2D eigenvalue weighted by Crippen LogP contribution is 1.68. The van der Waals surface area contributed by atoms with Gasteiger partial charge in [0, 0.05) is 0 Å². The van der Waals surface area contributed by atoms with E-state index < -0.39 is 0 Å². The standard InChI is InChI=1S/C4H5NO2/c1-2-3-5(7)4-6/h3-4,7H,1H2. The van der Waals surface area contributed by atoms with Crippen molar-refractivity contribution in [1.82, 2.24) is 5.06 Å². The molecule has 0 saturated heterocycles. The molecule has 0 aliphatic rings. The Balaban J connectivity index is 3.56. The first-order chi connectivity index (χ1) is 3.31. The molecule has 7 heavy (non-hydrogen) atoms. The van der Waals surface area contributed by atoms with Gasteiger partial charge in [-0.15, -0.1) is 5.73 Å². The van der Waals surface area contributed by atoms with Gasteiger partial charge in [-0.1, -0.05) is 6.58 Å². The fraction of sp³-hybridized carbons (Fsp3) is 0. The molecule has 3 heteroatoms. The molecule has 1 N–H and O–H groups in total. The van der Waals surface area contributed by atoms with Gasteiger partial charge in [0.15, 0.2) is 0 Å². The molecule has 0 fully saturated rings. The maximum Gasteiger partial charge on any atom is 0.237 e. The summed E-state index contributed by atoms with van der Waals surface area (Å²) in [5.41, 5.74) is 2.19. The number of carbonyl (C=O) groups excluding carboxylic acids is 1. The van der Waals surface area contributed by atoms with E-state index in [0.717, 1.165) is 6.20 Å². The molecule has 0 heterocycles. The first-order valence-corrected chi connectivity index (χ1v) is 1.59. The van der Waals surface area contributed by atoms with Crippen molar-refractivity contribution >= 4 is 6.41 Å². The van der Waals surface area contributed by atoms with Crippen molar-refractivity contribution in [2.24, 2.45) is 0 Å². The fourth-order valence-electron chi connectivity index (χ4n) is 0.124. The molecule has 0 aromatic carbocycles. The van der Waals surface area contributed by atoms with E-state index in [4.69, 9.17) is 5.21 Å². The van der Waals surface area contributed by atoms with Gasteiger partial charge in [-0.25, -0.2) is 0 Å². The van der Waals surface area contributed by atoms with Crippen LogP contribution in [0, 0.1) is 0 Å². The smallest absolute Gasteiger partial charge is 0.237 e. The van der Waals surface area contributed by atoms with Gasteiger partial charge in [0.1, 0.15) is 0 Å². The second-order valence-electron chi connectivity index (χ2n) is 0.819. The number of hydroxylamine groups is 2. The molecule has 0 aliphatic carbocycles. The highest BCUT2D eigenvalue weighted by atomic mass is 16.5. The van der Waals surface area contributed by atoms with Crippen LogP contribution < -0.4 is 0 Å². The summed E-state index contributed by atoms with van der Waals surface area (Å²) >= 11 is 0.